The third-order valence-electron chi connectivity index (χ3n) is 1.74. The van der Waals surface area contributed by atoms with Crippen molar-refractivity contribution in [3.63, 3.8) is 0 Å². The summed E-state index contributed by atoms with van der Waals surface area (Å²) in [6, 6.07) is 10.2. The number of benzene rings is 1. The Balaban J connectivity index is 2.13. The third-order valence-corrected chi connectivity index (χ3v) is 1.74. The van der Waals surface area contributed by atoms with Gasteiger partial charge in [-0.25, -0.2) is 0 Å². The van der Waals surface area contributed by atoms with Gasteiger partial charge in [0.15, 0.2) is 0 Å². The Kier molecular flexibility index (Phi) is 4.50. The molecule has 1 rings (SSSR count). The molecule has 2 heteroatoms. The summed E-state index contributed by atoms with van der Waals surface area (Å²) in [5.74, 6) is 0. The van der Waals surface area contributed by atoms with Gasteiger partial charge in [-0.3, -0.25) is 0 Å². The van der Waals surface area contributed by atoms with Crippen molar-refractivity contribution in [1.82, 2.24) is 0 Å². The molecule has 1 aromatic rings. The lowest BCUT2D eigenvalue weighted by atomic mass is 10.2. The van der Waals surface area contributed by atoms with Gasteiger partial charge in [-0.15, -0.1) is 0 Å². The maximum atomic E-state index is 8.92. The van der Waals surface area contributed by atoms with Crippen molar-refractivity contribution in [2.45, 2.75) is 19.4 Å². The summed E-state index contributed by atoms with van der Waals surface area (Å²) < 4.78 is 5.25. The van der Waals surface area contributed by atoms with Crippen molar-refractivity contribution < 1.29 is 9.84 Å². The van der Waals surface area contributed by atoms with E-state index < -0.39 is 0 Å². The number of ether oxygens (including phenoxy) is 1. The molecule has 1 aromatic carbocycles. The molecule has 0 aromatic heterocycles. The van der Waals surface area contributed by atoms with E-state index in [0.29, 0.717) is 13.2 Å². The van der Waals surface area contributed by atoms with Gasteiger partial charge in [0.1, 0.15) is 0 Å². The fourth-order valence-corrected chi connectivity index (χ4v) is 1.09. The van der Waals surface area contributed by atoms with Crippen LogP contribution in [0, 0.1) is 0 Å². The van der Waals surface area contributed by atoms with Crippen LogP contribution < -0.4 is 0 Å². The zero-order chi connectivity index (χ0) is 9.52. The van der Waals surface area contributed by atoms with Gasteiger partial charge in [-0.2, -0.15) is 0 Å². The van der Waals surface area contributed by atoms with Gasteiger partial charge in [-0.05, 0) is 18.9 Å². The zero-order valence-corrected chi connectivity index (χ0v) is 7.94. The summed E-state index contributed by atoms with van der Waals surface area (Å²) in [5, 5.41) is 8.92. The minimum Gasteiger partial charge on any atom is -0.391 e. The summed E-state index contributed by atoms with van der Waals surface area (Å²) in [6.07, 6.45) is 0.545. The average molecular weight is 180 g/mol. The monoisotopic (exact) mass is 180 g/mol. The highest BCUT2D eigenvalue weighted by Crippen LogP contribution is 1.99. The molecule has 2 nitrogen and oxygen atoms in total. The lowest BCUT2D eigenvalue weighted by molar-refractivity contribution is 0.0477. The van der Waals surface area contributed by atoms with Crippen LogP contribution in [0.3, 0.4) is 0 Å². The molecule has 0 radical (unpaired) electrons. The van der Waals surface area contributed by atoms with Crippen molar-refractivity contribution in [2.24, 2.45) is 0 Å². The molecule has 0 aliphatic heterocycles. The molecule has 0 amide bonds. The van der Waals surface area contributed by atoms with Crippen LogP contribution in [-0.2, 0) is 11.2 Å². The number of rotatable bonds is 5. The van der Waals surface area contributed by atoms with E-state index in [-0.39, 0.29) is 6.10 Å². The molecular formula is C11H16O2. The second-order valence-electron chi connectivity index (χ2n) is 3.16. The fourth-order valence-electron chi connectivity index (χ4n) is 1.09. The summed E-state index contributed by atoms with van der Waals surface area (Å²) in [5.41, 5.74) is 1.27. The standard InChI is InChI=1S/C11H16O2/c1-10(12)9-13-8-7-11-5-3-2-4-6-11/h2-6,10,12H,7-9H2,1H3/t10-/m0/s1. The minimum absolute atomic E-state index is 0.365. The van der Waals surface area contributed by atoms with E-state index in [1.807, 2.05) is 18.2 Å². The molecule has 1 atom stereocenters. The highest BCUT2D eigenvalue weighted by atomic mass is 16.5. The predicted octanol–water partition coefficient (Wildman–Crippen LogP) is 1.63. The van der Waals surface area contributed by atoms with E-state index in [0.717, 1.165) is 6.42 Å². The Hall–Kier alpha value is -0.860. The van der Waals surface area contributed by atoms with Gasteiger partial charge in [0.25, 0.3) is 0 Å². The van der Waals surface area contributed by atoms with Gasteiger partial charge < -0.3 is 9.84 Å². The number of aliphatic hydroxyl groups is 1. The second kappa shape index (κ2) is 5.73. The Labute approximate surface area is 79.2 Å². The van der Waals surface area contributed by atoms with Crippen LogP contribution >= 0.6 is 0 Å². The van der Waals surface area contributed by atoms with Gasteiger partial charge in [0.05, 0.1) is 19.3 Å². The van der Waals surface area contributed by atoms with Crippen LogP contribution in [0.1, 0.15) is 12.5 Å². The number of hydrogen-bond acceptors (Lipinski definition) is 2. The van der Waals surface area contributed by atoms with E-state index in [4.69, 9.17) is 9.84 Å². The maximum Gasteiger partial charge on any atom is 0.0745 e. The molecular weight excluding hydrogens is 164 g/mol. The molecule has 72 valence electrons. The minimum atomic E-state index is -0.365. The molecule has 0 spiro atoms. The Morgan fingerprint density at radius 1 is 1.31 bits per heavy atom. The first-order valence-electron chi connectivity index (χ1n) is 4.59. The summed E-state index contributed by atoms with van der Waals surface area (Å²) >= 11 is 0. The van der Waals surface area contributed by atoms with Gasteiger partial charge >= 0.3 is 0 Å². The van der Waals surface area contributed by atoms with E-state index in [1.165, 1.54) is 5.56 Å². The fraction of sp³-hybridized carbons (Fsp3) is 0.455. The average Bonchev–Trinajstić information content (AvgIpc) is 2.14. The van der Waals surface area contributed by atoms with Crippen molar-refractivity contribution in [1.29, 1.82) is 0 Å². The lowest BCUT2D eigenvalue weighted by Crippen LogP contribution is -2.11. The second-order valence-corrected chi connectivity index (χ2v) is 3.16. The van der Waals surface area contributed by atoms with Crippen LogP contribution in [0.25, 0.3) is 0 Å². The highest BCUT2D eigenvalue weighted by molar-refractivity contribution is 5.14. The normalized spacial score (nSPS) is 12.8. The van der Waals surface area contributed by atoms with Crippen molar-refractivity contribution in [3.8, 4) is 0 Å². The maximum absolute atomic E-state index is 8.92. The van der Waals surface area contributed by atoms with Gasteiger partial charge in [-0.1, -0.05) is 30.3 Å². The zero-order valence-electron chi connectivity index (χ0n) is 7.94. The van der Waals surface area contributed by atoms with Gasteiger partial charge in [0.2, 0.25) is 0 Å². The van der Waals surface area contributed by atoms with Crippen molar-refractivity contribution >= 4 is 0 Å². The molecule has 0 aliphatic carbocycles. The summed E-state index contributed by atoms with van der Waals surface area (Å²) in [6.45, 7) is 2.82. The lowest BCUT2D eigenvalue weighted by Gasteiger charge is -2.05. The Morgan fingerprint density at radius 3 is 2.62 bits per heavy atom. The van der Waals surface area contributed by atoms with Crippen LogP contribution in [0.2, 0.25) is 0 Å². The number of hydrogen-bond donors (Lipinski definition) is 1. The Bertz CT molecular complexity index is 219. The van der Waals surface area contributed by atoms with E-state index in [9.17, 15) is 0 Å². The number of aliphatic hydroxyl groups excluding tert-OH is 1. The smallest absolute Gasteiger partial charge is 0.0745 e. The molecule has 0 heterocycles. The SMILES string of the molecule is C[C@H](O)COCCc1ccccc1. The molecule has 0 unspecified atom stereocenters. The highest BCUT2D eigenvalue weighted by Gasteiger charge is 1.95. The molecule has 0 saturated heterocycles. The van der Waals surface area contributed by atoms with Crippen molar-refractivity contribution in [3.05, 3.63) is 35.9 Å². The van der Waals surface area contributed by atoms with E-state index >= 15 is 0 Å². The van der Waals surface area contributed by atoms with E-state index in [2.05, 4.69) is 12.1 Å². The molecule has 0 saturated carbocycles. The molecule has 13 heavy (non-hydrogen) atoms. The van der Waals surface area contributed by atoms with Crippen LogP contribution in [0.15, 0.2) is 30.3 Å². The third kappa shape index (κ3) is 4.65. The first-order chi connectivity index (χ1) is 6.29. The van der Waals surface area contributed by atoms with E-state index in [1.54, 1.807) is 6.92 Å². The first-order valence-corrected chi connectivity index (χ1v) is 4.59. The van der Waals surface area contributed by atoms with Crippen LogP contribution in [-0.4, -0.2) is 24.4 Å². The quantitative estimate of drug-likeness (QED) is 0.698. The first kappa shape index (κ1) is 10.2. The largest absolute Gasteiger partial charge is 0.391 e. The van der Waals surface area contributed by atoms with Gasteiger partial charge in [0, 0.05) is 0 Å². The molecule has 0 bridgehead atoms. The molecule has 1 N–H and O–H groups in total. The van der Waals surface area contributed by atoms with Crippen LogP contribution in [0.5, 0.6) is 0 Å². The topological polar surface area (TPSA) is 29.5 Å². The van der Waals surface area contributed by atoms with Crippen LogP contribution in [0.4, 0.5) is 0 Å². The molecule has 0 aliphatic rings. The summed E-state index contributed by atoms with van der Waals surface area (Å²) in [4.78, 5) is 0. The molecule has 0 fully saturated rings. The summed E-state index contributed by atoms with van der Waals surface area (Å²) in [7, 11) is 0. The predicted molar refractivity (Wildman–Crippen MR) is 52.6 cm³/mol. The Morgan fingerprint density at radius 2 is 2.00 bits per heavy atom. The van der Waals surface area contributed by atoms with Crippen molar-refractivity contribution in [2.75, 3.05) is 13.2 Å².